The van der Waals surface area contributed by atoms with Gasteiger partial charge in [0.2, 0.25) is 0 Å². The highest BCUT2D eigenvalue weighted by molar-refractivity contribution is 7.99. The van der Waals surface area contributed by atoms with E-state index in [-0.39, 0.29) is 5.91 Å². The van der Waals surface area contributed by atoms with Crippen molar-refractivity contribution in [3.63, 3.8) is 0 Å². The van der Waals surface area contributed by atoms with E-state index in [9.17, 15) is 4.79 Å². The van der Waals surface area contributed by atoms with E-state index in [1.54, 1.807) is 0 Å². The number of hydrogen-bond donors (Lipinski definition) is 0. The third-order valence-electron chi connectivity index (χ3n) is 5.71. The Morgan fingerprint density at radius 2 is 1.81 bits per heavy atom. The Morgan fingerprint density at radius 3 is 2.54 bits per heavy atom. The quantitative estimate of drug-likeness (QED) is 0.812. The van der Waals surface area contributed by atoms with Gasteiger partial charge in [0.25, 0.3) is 5.91 Å². The van der Waals surface area contributed by atoms with Crippen molar-refractivity contribution < 1.29 is 4.79 Å². The maximum absolute atomic E-state index is 13.0. The maximum atomic E-state index is 13.0. The van der Waals surface area contributed by atoms with Crippen molar-refractivity contribution in [2.24, 2.45) is 0 Å². The lowest BCUT2D eigenvalue weighted by molar-refractivity contribution is 0.0631. The van der Waals surface area contributed by atoms with Crippen LogP contribution in [0.15, 0.2) is 24.3 Å². The molecule has 0 saturated carbocycles. The summed E-state index contributed by atoms with van der Waals surface area (Å²) >= 11 is 2.06. The van der Waals surface area contributed by atoms with Gasteiger partial charge in [0.15, 0.2) is 0 Å². The van der Waals surface area contributed by atoms with Gasteiger partial charge in [0.1, 0.15) is 0 Å². The van der Waals surface area contributed by atoms with Crippen molar-refractivity contribution in [3.8, 4) is 0 Å². The van der Waals surface area contributed by atoms with Gasteiger partial charge in [-0.1, -0.05) is 6.07 Å². The first-order chi connectivity index (χ1) is 12.6. The molecule has 1 amide bonds. The molecule has 3 heterocycles. The summed E-state index contributed by atoms with van der Waals surface area (Å²) < 4.78 is 0. The van der Waals surface area contributed by atoms with Gasteiger partial charge in [-0.2, -0.15) is 11.8 Å². The highest BCUT2D eigenvalue weighted by Gasteiger charge is 2.28. The first-order valence-electron chi connectivity index (χ1n) is 9.61. The van der Waals surface area contributed by atoms with Gasteiger partial charge in [-0.3, -0.25) is 14.7 Å². The number of rotatable bonds is 2. The van der Waals surface area contributed by atoms with Gasteiger partial charge < -0.3 is 4.90 Å². The Labute approximate surface area is 160 Å². The van der Waals surface area contributed by atoms with Crippen molar-refractivity contribution in [3.05, 3.63) is 41.1 Å². The van der Waals surface area contributed by atoms with E-state index < -0.39 is 0 Å². The number of likely N-dealkylation sites (tertiary alicyclic amines) is 1. The molecule has 2 saturated heterocycles. The summed E-state index contributed by atoms with van der Waals surface area (Å²) in [4.78, 5) is 22.3. The summed E-state index contributed by atoms with van der Waals surface area (Å²) in [5.41, 5.74) is 3.91. The number of benzene rings is 1. The number of hydrogen-bond acceptors (Lipinski definition) is 4. The summed E-state index contributed by atoms with van der Waals surface area (Å²) in [6.45, 7) is 8.25. The lowest BCUT2D eigenvalue weighted by Crippen LogP contribution is -2.49. The fourth-order valence-corrected chi connectivity index (χ4v) is 5.19. The summed E-state index contributed by atoms with van der Waals surface area (Å²) in [6.07, 6.45) is 2.20. The van der Waals surface area contributed by atoms with Crippen LogP contribution in [0.5, 0.6) is 0 Å². The molecule has 4 nitrogen and oxygen atoms in total. The number of aryl methyl sites for hydroxylation is 2. The molecule has 138 valence electrons. The molecule has 1 aromatic carbocycles. The molecule has 2 aliphatic rings. The molecule has 1 aromatic heterocycles. The van der Waals surface area contributed by atoms with E-state index in [0.29, 0.717) is 6.04 Å². The zero-order chi connectivity index (χ0) is 18.1. The van der Waals surface area contributed by atoms with Crippen molar-refractivity contribution >= 4 is 28.6 Å². The summed E-state index contributed by atoms with van der Waals surface area (Å²) in [7, 11) is 0. The van der Waals surface area contributed by atoms with E-state index in [0.717, 1.165) is 48.1 Å². The lowest BCUT2D eigenvalue weighted by atomic mass is 10.0. The number of piperidine rings is 1. The third-order valence-corrected chi connectivity index (χ3v) is 6.65. The Bertz CT molecular complexity index is 808. The van der Waals surface area contributed by atoms with Crippen LogP contribution in [0.1, 0.15) is 34.5 Å². The molecule has 26 heavy (non-hydrogen) atoms. The van der Waals surface area contributed by atoms with E-state index in [1.807, 2.05) is 30.0 Å². The number of fused-ring (bicyclic) bond motifs is 1. The fourth-order valence-electron chi connectivity index (χ4n) is 4.26. The number of nitrogens with zero attached hydrogens (tertiary/aromatic N) is 3. The smallest absolute Gasteiger partial charge is 0.253 e. The molecule has 0 spiro atoms. The van der Waals surface area contributed by atoms with Crippen LogP contribution < -0.4 is 0 Å². The van der Waals surface area contributed by atoms with Crippen LogP contribution in [0, 0.1) is 13.8 Å². The second kappa shape index (κ2) is 7.57. The molecule has 0 N–H and O–H groups in total. The van der Waals surface area contributed by atoms with Crippen LogP contribution in [0.4, 0.5) is 0 Å². The minimum Gasteiger partial charge on any atom is -0.339 e. The zero-order valence-corrected chi connectivity index (χ0v) is 16.5. The number of amides is 1. The van der Waals surface area contributed by atoms with Crippen molar-refractivity contribution in [1.82, 2.24) is 14.8 Å². The van der Waals surface area contributed by atoms with Crippen LogP contribution in [-0.2, 0) is 0 Å². The number of thioether (sulfide) groups is 1. The Morgan fingerprint density at radius 1 is 1.08 bits per heavy atom. The van der Waals surface area contributed by atoms with E-state index >= 15 is 0 Å². The highest BCUT2D eigenvalue weighted by atomic mass is 32.2. The van der Waals surface area contributed by atoms with E-state index in [1.165, 1.54) is 30.2 Å². The lowest BCUT2D eigenvalue weighted by Gasteiger charge is -2.40. The zero-order valence-electron chi connectivity index (χ0n) is 15.7. The van der Waals surface area contributed by atoms with Crippen molar-refractivity contribution in [1.29, 1.82) is 0 Å². The third kappa shape index (κ3) is 3.60. The van der Waals surface area contributed by atoms with Crippen LogP contribution in [-0.4, -0.2) is 64.4 Å². The number of carbonyl (C=O) groups excluding carboxylic acids is 1. The summed E-state index contributed by atoms with van der Waals surface area (Å²) in [6, 6.07) is 8.72. The molecule has 0 atom stereocenters. The molecule has 5 heteroatoms. The monoisotopic (exact) mass is 369 g/mol. The summed E-state index contributed by atoms with van der Waals surface area (Å²) in [5, 5.41) is 1.13. The predicted molar refractivity (Wildman–Crippen MR) is 109 cm³/mol. The molecule has 2 fully saturated rings. The van der Waals surface area contributed by atoms with Crippen LogP contribution in [0.2, 0.25) is 0 Å². The van der Waals surface area contributed by atoms with Gasteiger partial charge in [-0.05, 0) is 50.5 Å². The van der Waals surface area contributed by atoms with Gasteiger partial charge in [-0.15, -0.1) is 0 Å². The largest absolute Gasteiger partial charge is 0.339 e. The Kier molecular flexibility index (Phi) is 5.18. The number of aromatic nitrogens is 1. The van der Waals surface area contributed by atoms with E-state index in [4.69, 9.17) is 0 Å². The molecule has 2 aliphatic heterocycles. The average Bonchev–Trinajstić information content (AvgIpc) is 2.67. The fraction of sp³-hybridized carbons (Fsp3) is 0.524. The minimum absolute atomic E-state index is 0.153. The second-order valence-electron chi connectivity index (χ2n) is 7.48. The molecular formula is C21H27N3OS. The average molecular weight is 370 g/mol. The molecule has 0 bridgehead atoms. The standard InChI is InChI=1S/C21H27N3OS/c1-15-13-16(2)22-20-14-17(3-4-19(15)20)21(25)24-7-5-18(6-8-24)23-9-11-26-12-10-23/h3-4,13-14,18H,5-12H2,1-2H3. The SMILES string of the molecule is Cc1cc(C)c2ccc(C(=O)N3CCC(N4CCSCC4)CC3)cc2n1. The van der Waals surface area contributed by atoms with Gasteiger partial charge in [0, 0.05) is 60.4 Å². The second-order valence-corrected chi connectivity index (χ2v) is 8.71. The van der Waals surface area contributed by atoms with Crippen LogP contribution in [0.3, 0.4) is 0 Å². The Balaban J connectivity index is 1.45. The minimum atomic E-state index is 0.153. The van der Waals surface area contributed by atoms with Crippen LogP contribution >= 0.6 is 11.8 Å². The molecular weight excluding hydrogens is 342 g/mol. The molecule has 0 unspecified atom stereocenters. The first-order valence-corrected chi connectivity index (χ1v) is 10.8. The van der Waals surface area contributed by atoms with Crippen LogP contribution in [0.25, 0.3) is 10.9 Å². The normalized spacial score (nSPS) is 19.8. The molecule has 0 radical (unpaired) electrons. The van der Waals surface area contributed by atoms with Crippen molar-refractivity contribution in [2.75, 3.05) is 37.7 Å². The van der Waals surface area contributed by atoms with E-state index in [2.05, 4.69) is 34.6 Å². The molecule has 0 aliphatic carbocycles. The molecule has 4 rings (SSSR count). The van der Waals surface area contributed by atoms with Gasteiger partial charge in [0.05, 0.1) is 5.52 Å². The van der Waals surface area contributed by atoms with Gasteiger partial charge in [-0.25, -0.2) is 0 Å². The molecule has 2 aromatic rings. The van der Waals surface area contributed by atoms with Gasteiger partial charge >= 0.3 is 0 Å². The Hall–Kier alpha value is -1.59. The number of carbonyl (C=O) groups is 1. The summed E-state index contributed by atoms with van der Waals surface area (Å²) in [5.74, 6) is 2.66. The number of pyridine rings is 1. The van der Waals surface area contributed by atoms with Crippen molar-refractivity contribution in [2.45, 2.75) is 32.7 Å². The maximum Gasteiger partial charge on any atom is 0.253 e. The predicted octanol–water partition coefficient (Wildman–Crippen LogP) is 3.51. The first kappa shape index (κ1) is 17.8. The highest BCUT2D eigenvalue weighted by Crippen LogP contribution is 2.23. The topological polar surface area (TPSA) is 36.4 Å².